The summed E-state index contributed by atoms with van der Waals surface area (Å²) in [5, 5.41) is 5.97. The molecule has 68 heavy (non-hydrogen) atoms. The Morgan fingerprint density at radius 2 is 1.60 bits per heavy atom. The fourth-order valence-corrected chi connectivity index (χ4v) is 9.57. The van der Waals surface area contributed by atoms with E-state index < -0.39 is 77.3 Å². The number of hydrogen-bond acceptors (Lipinski definition) is 18. The molecule has 7 heterocycles. The van der Waals surface area contributed by atoms with Crippen LogP contribution in [0.5, 0.6) is 5.88 Å². The van der Waals surface area contributed by atoms with Crippen LogP contribution in [0.1, 0.15) is 28.4 Å². The Kier molecular flexibility index (Phi) is 12.5. The Morgan fingerprint density at radius 1 is 0.824 bits per heavy atom. The molecule has 0 spiro atoms. The number of ether oxygens (including phenoxy) is 2. The monoisotopic (exact) mass is 998 g/mol. The fourth-order valence-electron chi connectivity index (χ4n) is 6.96. The third kappa shape index (κ3) is 9.34. The topological polar surface area (TPSA) is 276 Å². The van der Waals surface area contributed by atoms with Crippen LogP contribution in [-0.2, 0) is 43.9 Å². The Bertz CT molecular complexity index is 3410. The van der Waals surface area contributed by atoms with Crippen molar-refractivity contribution in [1.29, 1.82) is 0 Å². The van der Waals surface area contributed by atoms with Gasteiger partial charge < -0.3 is 25.8 Å². The molecule has 0 radical (unpaired) electrons. The highest BCUT2D eigenvalue weighted by Gasteiger charge is 2.39. The molecule has 1 aliphatic rings. The second-order valence-corrected chi connectivity index (χ2v) is 18.1. The highest BCUT2D eigenvalue weighted by Crippen LogP contribution is 2.39. The maximum absolute atomic E-state index is 17.0. The first-order chi connectivity index (χ1) is 32.3. The van der Waals surface area contributed by atoms with Gasteiger partial charge in [-0.25, -0.2) is 50.5 Å². The lowest BCUT2D eigenvalue weighted by Crippen LogP contribution is -2.24. The first-order valence-electron chi connectivity index (χ1n) is 19.4. The third-order valence-corrected chi connectivity index (χ3v) is 12.9. The number of sulfonamides is 2. The second kappa shape index (κ2) is 18.2. The predicted octanol–water partition coefficient (Wildman–Crippen LogP) is 6.48. The molecule has 0 fully saturated rings. The SMILES string of the molecule is CNc1ncc2cc(-c3cccc(NS(=O)(=O)c4cccnc4C(F)(F)F)c3F)c(NCc3cc(C4Cc5cnc(N)nc5N=C4OC)c(F)c(NS(=O)(=O)c4cc(Cl)cnc4OC)n3)nc2n1. The Balaban J connectivity index is 1.23. The molecule has 352 valence electrons. The van der Waals surface area contributed by atoms with E-state index in [2.05, 4.69) is 60.2 Å². The van der Waals surface area contributed by atoms with Crippen LogP contribution >= 0.6 is 11.6 Å². The van der Waals surface area contributed by atoms with E-state index in [1.807, 2.05) is 4.72 Å². The molecule has 0 bridgehead atoms. The number of nitrogens with zero attached hydrogens (tertiary/aromatic N) is 9. The highest BCUT2D eigenvalue weighted by atomic mass is 35.5. The average molecular weight is 999 g/mol. The maximum Gasteiger partial charge on any atom is 0.434 e. The number of aromatic nitrogens is 8. The number of aliphatic imine (C=N–C) groups is 1. The van der Waals surface area contributed by atoms with E-state index >= 15 is 8.78 Å². The molecule has 1 aromatic carbocycles. The minimum absolute atomic E-state index is 0.00410. The molecule has 7 aromatic rings. The number of methoxy groups -OCH3 is 2. The number of benzene rings is 1. The van der Waals surface area contributed by atoms with E-state index in [9.17, 15) is 30.0 Å². The smallest absolute Gasteiger partial charge is 0.434 e. The predicted molar refractivity (Wildman–Crippen MR) is 237 cm³/mol. The van der Waals surface area contributed by atoms with Crippen LogP contribution in [0.2, 0.25) is 5.02 Å². The van der Waals surface area contributed by atoms with Crippen molar-refractivity contribution in [3.05, 3.63) is 112 Å². The van der Waals surface area contributed by atoms with Gasteiger partial charge in [0.2, 0.25) is 17.8 Å². The molecular formula is C40H32ClF5N14O6S2. The van der Waals surface area contributed by atoms with Crippen molar-refractivity contribution in [1.82, 2.24) is 39.9 Å². The number of alkyl halides is 3. The zero-order chi connectivity index (χ0) is 48.7. The second-order valence-electron chi connectivity index (χ2n) is 14.3. The molecule has 0 saturated carbocycles. The van der Waals surface area contributed by atoms with Crippen LogP contribution in [0.3, 0.4) is 0 Å². The molecule has 1 atom stereocenters. The summed E-state index contributed by atoms with van der Waals surface area (Å²) in [6, 6.07) is 8.88. The number of rotatable bonds is 13. The van der Waals surface area contributed by atoms with Crippen molar-refractivity contribution in [3.63, 3.8) is 0 Å². The van der Waals surface area contributed by atoms with Crippen LogP contribution in [0.4, 0.5) is 57.0 Å². The van der Waals surface area contributed by atoms with Gasteiger partial charge in [-0.2, -0.15) is 28.1 Å². The largest absolute Gasteiger partial charge is 0.484 e. The minimum atomic E-state index is -5.17. The summed E-state index contributed by atoms with van der Waals surface area (Å²) < 4.78 is 144. The lowest BCUT2D eigenvalue weighted by Gasteiger charge is -2.25. The average Bonchev–Trinajstić information content (AvgIpc) is 3.31. The Hall–Kier alpha value is -7.65. The molecular weight excluding hydrogens is 967 g/mol. The summed E-state index contributed by atoms with van der Waals surface area (Å²) in [4.78, 5) is 35.3. The number of hydrogen-bond donors (Lipinski definition) is 5. The number of nitrogens with two attached hydrogens (primary N) is 1. The van der Waals surface area contributed by atoms with Crippen LogP contribution in [-0.4, -0.2) is 83.9 Å². The minimum Gasteiger partial charge on any atom is -0.484 e. The molecule has 28 heteroatoms. The molecule has 1 aliphatic heterocycles. The number of anilines is 5. The molecule has 20 nitrogen and oxygen atoms in total. The van der Waals surface area contributed by atoms with Gasteiger partial charge in [0.25, 0.3) is 20.0 Å². The van der Waals surface area contributed by atoms with E-state index in [1.165, 1.54) is 50.9 Å². The van der Waals surface area contributed by atoms with Crippen LogP contribution in [0.25, 0.3) is 22.2 Å². The number of nitrogen functional groups attached to an aromatic ring is 1. The molecule has 6 N–H and O–H groups in total. The lowest BCUT2D eigenvalue weighted by molar-refractivity contribution is -0.143. The highest BCUT2D eigenvalue weighted by molar-refractivity contribution is 7.93. The van der Waals surface area contributed by atoms with Crippen molar-refractivity contribution in [2.45, 2.75) is 34.9 Å². The zero-order valence-corrected chi connectivity index (χ0v) is 37.4. The molecule has 0 aliphatic carbocycles. The van der Waals surface area contributed by atoms with Crippen LogP contribution < -0.4 is 30.5 Å². The van der Waals surface area contributed by atoms with Gasteiger partial charge in [0.15, 0.2) is 45.4 Å². The van der Waals surface area contributed by atoms with Gasteiger partial charge in [-0.3, -0.25) is 14.4 Å². The van der Waals surface area contributed by atoms with E-state index in [1.54, 1.807) is 7.05 Å². The number of halogens is 6. The van der Waals surface area contributed by atoms with Crippen molar-refractivity contribution >= 4 is 83.6 Å². The number of nitrogens with one attached hydrogen (secondary N) is 4. The number of pyridine rings is 4. The van der Waals surface area contributed by atoms with Crippen molar-refractivity contribution in [3.8, 4) is 17.0 Å². The Morgan fingerprint density at radius 3 is 2.34 bits per heavy atom. The standard InChI is InChI=1S/C40H32ClF5N14O6S2/c1-48-39-53-15-18-10-24(22-6-4-7-26(29(22)42)59-67(61,62)27-8-5-9-49-31(27)40(44,45)46)34(55-32(18)58-39)50-17-21-13-23(25-11-19-14-52-38(47)57-33(19)56-36(25)65-2)30(43)35(54-21)60-68(63,64)28-12-20(41)16-51-37(28)66-3/h4-10,12-16,25,59H,11,17H2,1-3H3,(H,54,60)(H2,47,52,57)(H2,48,50,53,55,58). The molecule has 1 unspecified atom stereocenters. The van der Waals surface area contributed by atoms with Crippen LogP contribution in [0.15, 0.2) is 88.1 Å². The first kappa shape index (κ1) is 46.9. The van der Waals surface area contributed by atoms with Crippen molar-refractivity contribution in [2.75, 3.05) is 47.1 Å². The van der Waals surface area contributed by atoms with E-state index in [0.717, 1.165) is 30.6 Å². The first-order valence-corrected chi connectivity index (χ1v) is 22.7. The van der Waals surface area contributed by atoms with Crippen LogP contribution in [0, 0.1) is 11.6 Å². The quantitative estimate of drug-likeness (QED) is 0.0773. The fraction of sp³-hybridized carbons (Fsp3) is 0.175. The van der Waals surface area contributed by atoms with Gasteiger partial charge in [0.05, 0.1) is 43.1 Å². The van der Waals surface area contributed by atoms with Gasteiger partial charge in [-0.15, -0.1) is 0 Å². The summed E-state index contributed by atoms with van der Waals surface area (Å²) in [5.74, 6) is -4.51. The molecule has 6 aromatic heterocycles. The van der Waals surface area contributed by atoms with Crippen molar-refractivity contribution in [2.24, 2.45) is 4.99 Å². The van der Waals surface area contributed by atoms with Gasteiger partial charge in [0.1, 0.15) is 10.7 Å². The van der Waals surface area contributed by atoms with Gasteiger partial charge in [0, 0.05) is 59.5 Å². The van der Waals surface area contributed by atoms with Crippen molar-refractivity contribution < 1.29 is 48.3 Å². The molecule has 0 amide bonds. The van der Waals surface area contributed by atoms with Gasteiger partial charge in [-0.1, -0.05) is 23.7 Å². The summed E-state index contributed by atoms with van der Waals surface area (Å²) in [5.41, 5.74) is 3.26. The zero-order valence-electron chi connectivity index (χ0n) is 35.1. The summed E-state index contributed by atoms with van der Waals surface area (Å²) in [6.45, 7) is -0.406. The Labute approximate surface area is 386 Å². The van der Waals surface area contributed by atoms with E-state index in [4.69, 9.17) is 26.8 Å². The molecule has 8 rings (SSSR count). The van der Waals surface area contributed by atoms with Gasteiger partial charge >= 0.3 is 6.18 Å². The van der Waals surface area contributed by atoms with Gasteiger partial charge in [-0.05, 0) is 42.8 Å². The summed E-state index contributed by atoms with van der Waals surface area (Å²) in [7, 11) is -5.84. The normalized spacial score (nSPS) is 13.9. The maximum atomic E-state index is 17.0. The molecule has 0 saturated heterocycles. The summed E-state index contributed by atoms with van der Waals surface area (Å²) in [6.07, 6.45) is -0.502. The van der Waals surface area contributed by atoms with E-state index in [-0.39, 0.29) is 80.2 Å². The number of fused-ring (bicyclic) bond motifs is 2. The summed E-state index contributed by atoms with van der Waals surface area (Å²) >= 11 is 6.09. The van der Waals surface area contributed by atoms with E-state index in [0.29, 0.717) is 11.6 Å². The third-order valence-electron chi connectivity index (χ3n) is 10.0. The lowest BCUT2D eigenvalue weighted by atomic mass is 9.90.